The molecule has 3 rings (SSSR count). The lowest BCUT2D eigenvalue weighted by molar-refractivity contribution is 0.374. The standard InChI is InChI=1S/C24H27N3O3S/c1-7-10-25-24-27(21(15-31-24)18-9-8-16(2)17(3)11-18)26-14-20-22(29-5)12-19(28-4)13-23(20)30-6/h7-9,11-15H,1,10H2,2-6H3. The molecule has 1 aromatic heterocycles. The maximum Gasteiger partial charge on any atom is 0.206 e. The number of thiazole rings is 1. The van der Waals surface area contributed by atoms with Crippen LogP contribution in [0.15, 0.2) is 58.5 Å². The van der Waals surface area contributed by atoms with Crippen molar-refractivity contribution in [1.82, 2.24) is 4.68 Å². The maximum atomic E-state index is 5.54. The number of hydrogen-bond acceptors (Lipinski definition) is 6. The van der Waals surface area contributed by atoms with Crippen LogP contribution >= 0.6 is 11.3 Å². The molecule has 6 nitrogen and oxygen atoms in total. The molecule has 0 unspecified atom stereocenters. The third-order valence-corrected chi connectivity index (χ3v) is 5.75. The highest BCUT2D eigenvalue weighted by Gasteiger charge is 2.13. The summed E-state index contributed by atoms with van der Waals surface area (Å²) in [5, 5.41) is 6.83. The summed E-state index contributed by atoms with van der Waals surface area (Å²) in [7, 11) is 4.82. The molecule has 2 aromatic carbocycles. The lowest BCUT2D eigenvalue weighted by Gasteiger charge is -2.12. The first kappa shape index (κ1) is 22.4. The zero-order valence-electron chi connectivity index (χ0n) is 18.5. The second-order valence-corrected chi connectivity index (χ2v) is 7.67. The second-order valence-electron chi connectivity index (χ2n) is 6.83. The molecule has 0 N–H and O–H groups in total. The molecule has 0 fully saturated rings. The van der Waals surface area contributed by atoms with Gasteiger partial charge < -0.3 is 14.2 Å². The predicted molar refractivity (Wildman–Crippen MR) is 127 cm³/mol. The fraction of sp³-hybridized carbons (Fsp3) is 0.250. The summed E-state index contributed by atoms with van der Waals surface area (Å²) in [6.45, 7) is 8.49. The van der Waals surface area contributed by atoms with Crippen molar-refractivity contribution in [2.75, 3.05) is 27.9 Å². The van der Waals surface area contributed by atoms with Crippen LogP contribution in [0, 0.1) is 13.8 Å². The van der Waals surface area contributed by atoms with E-state index in [1.54, 1.807) is 45.8 Å². The average Bonchev–Trinajstić information content (AvgIpc) is 3.19. The van der Waals surface area contributed by atoms with Crippen molar-refractivity contribution < 1.29 is 14.2 Å². The first-order chi connectivity index (χ1) is 15.0. The van der Waals surface area contributed by atoms with Gasteiger partial charge in [-0.2, -0.15) is 5.10 Å². The predicted octanol–water partition coefficient (Wildman–Crippen LogP) is 4.83. The minimum absolute atomic E-state index is 0.511. The Balaban J connectivity index is 2.16. The van der Waals surface area contributed by atoms with Crippen molar-refractivity contribution in [2.24, 2.45) is 10.1 Å². The van der Waals surface area contributed by atoms with Gasteiger partial charge in [0.15, 0.2) is 0 Å². The summed E-state index contributed by atoms with van der Waals surface area (Å²) < 4.78 is 18.3. The van der Waals surface area contributed by atoms with Gasteiger partial charge in [0.1, 0.15) is 17.2 Å². The van der Waals surface area contributed by atoms with Crippen molar-refractivity contribution in [3.63, 3.8) is 0 Å². The van der Waals surface area contributed by atoms with E-state index in [9.17, 15) is 0 Å². The van der Waals surface area contributed by atoms with Crippen molar-refractivity contribution >= 4 is 17.6 Å². The summed E-state index contributed by atoms with van der Waals surface area (Å²) in [6.07, 6.45) is 3.49. The average molecular weight is 438 g/mol. The Morgan fingerprint density at radius 1 is 1.00 bits per heavy atom. The Morgan fingerprint density at radius 2 is 1.71 bits per heavy atom. The molecule has 0 amide bonds. The quantitative estimate of drug-likeness (QED) is 0.375. The monoisotopic (exact) mass is 437 g/mol. The summed E-state index contributed by atoms with van der Waals surface area (Å²) in [5.74, 6) is 1.85. The van der Waals surface area contributed by atoms with Crippen LogP contribution in [0.3, 0.4) is 0 Å². The van der Waals surface area contributed by atoms with Crippen LogP contribution in [0.5, 0.6) is 17.2 Å². The van der Waals surface area contributed by atoms with Crippen LogP contribution < -0.4 is 19.0 Å². The highest BCUT2D eigenvalue weighted by Crippen LogP contribution is 2.33. The molecular formula is C24H27N3O3S. The molecule has 0 aliphatic rings. The van der Waals surface area contributed by atoms with E-state index in [-0.39, 0.29) is 0 Å². The number of benzene rings is 2. The number of rotatable bonds is 8. The molecule has 0 bridgehead atoms. The van der Waals surface area contributed by atoms with Crippen LogP contribution in [0.1, 0.15) is 16.7 Å². The highest BCUT2D eigenvalue weighted by atomic mass is 32.1. The molecule has 0 aliphatic carbocycles. The Bertz CT molecular complexity index is 1150. The van der Waals surface area contributed by atoms with E-state index in [4.69, 9.17) is 19.3 Å². The van der Waals surface area contributed by atoms with Gasteiger partial charge in [-0.05, 0) is 31.0 Å². The number of hydrogen-bond donors (Lipinski definition) is 0. The number of aromatic nitrogens is 1. The van der Waals surface area contributed by atoms with E-state index < -0.39 is 0 Å². The fourth-order valence-corrected chi connectivity index (χ4v) is 3.88. The van der Waals surface area contributed by atoms with E-state index in [2.05, 4.69) is 49.0 Å². The smallest absolute Gasteiger partial charge is 0.206 e. The lowest BCUT2D eigenvalue weighted by atomic mass is 10.1. The first-order valence-electron chi connectivity index (χ1n) is 9.76. The summed E-state index contributed by atoms with van der Waals surface area (Å²) in [5.41, 5.74) is 5.22. The molecule has 0 spiro atoms. The molecule has 3 aromatic rings. The van der Waals surface area contributed by atoms with Crippen LogP contribution in [0.25, 0.3) is 11.3 Å². The zero-order valence-corrected chi connectivity index (χ0v) is 19.3. The SMILES string of the molecule is C=CCN=c1scc(-c2ccc(C)c(C)c2)n1N=Cc1c(OC)cc(OC)cc1OC. The van der Waals surface area contributed by atoms with Gasteiger partial charge in [0.05, 0.1) is 45.3 Å². The van der Waals surface area contributed by atoms with E-state index in [1.165, 1.54) is 22.5 Å². The van der Waals surface area contributed by atoms with Crippen LogP contribution in [0.2, 0.25) is 0 Å². The third-order valence-electron chi connectivity index (χ3n) is 4.90. The Labute approximate surface area is 186 Å². The Morgan fingerprint density at radius 3 is 2.29 bits per heavy atom. The van der Waals surface area contributed by atoms with Crippen molar-refractivity contribution in [3.8, 4) is 28.5 Å². The molecule has 0 saturated carbocycles. The summed E-state index contributed by atoms with van der Waals surface area (Å²) >= 11 is 1.53. The Kier molecular flexibility index (Phi) is 7.31. The van der Waals surface area contributed by atoms with Crippen molar-refractivity contribution in [2.45, 2.75) is 13.8 Å². The summed E-state index contributed by atoms with van der Waals surface area (Å²) in [6, 6.07) is 9.98. The molecule has 0 aliphatic heterocycles. The van der Waals surface area contributed by atoms with Crippen molar-refractivity contribution in [1.29, 1.82) is 0 Å². The summed E-state index contributed by atoms with van der Waals surface area (Å²) in [4.78, 5) is 5.38. The normalized spacial score (nSPS) is 11.7. The fourth-order valence-electron chi connectivity index (χ4n) is 3.04. The van der Waals surface area contributed by atoms with Crippen LogP contribution in [0.4, 0.5) is 0 Å². The number of ether oxygens (including phenoxy) is 3. The first-order valence-corrected chi connectivity index (χ1v) is 10.6. The lowest BCUT2D eigenvalue weighted by Crippen LogP contribution is -2.13. The molecule has 162 valence electrons. The van der Waals surface area contributed by atoms with Gasteiger partial charge in [-0.3, -0.25) is 4.99 Å². The van der Waals surface area contributed by atoms with Crippen LogP contribution in [-0.2, 0) is 0 Å². The van der Waals surface area contributed by atoms with E-state index in [0.717, 1.165) is 16.1 Å². The van der Waals surface area contributed by atoms with Gasteiger partial charge in [0, 0.05) is 23.1 Å². The maximum absolute atomic E-state index is 5.54. The highest BCUT2D eigenvalue weighted by molar-refractivity contribution is 7.07. The Hall–Kier alpha value is -3.32. The zero-order chi connectivity index (χ0) is 22.4. The van der Waals surface area contributed by atoms with E-state index in [0.29, 0.717) is 29.4 Å². The largest absolute Gasteiger partial charge is 0.496 e. The van der Waals surface area contributed by atoms with Crippen LogP contribution in [-0.4, -0.2) is 38.8 Å². The van der Waals surface area contributed by atoms with Gasteiger partial charge in [-0.25, -0.2) is 4.68 Å². The molecule has 0 saturated heterocycles. The molecule has 0 atom stereocenters. The third kappa shape index (κ3) is 4.88. The van der Waals surface area contributed by atoms with Gasteiger partial charge in [0.25, 0.3) is 0 Å². The van der Waals surface area contributed by atoms with Gasteiger partial charge in [-0.1, -0.05) is 18.2 Å². The molecular weight excluding hydrogens is 410 g/mol. The number of nitrogens with zero attached hydrogens (tertiary/aromatic N) is 3. The number of methoxy groups -OCH3 is 3. The molecule has 31 heavy (non-hydrogen) atoms. The number of aryl methyl sites for hydroxylation is 2. The molecule has 0 radical (unpaired) electrons. The van der Waals surface area contributed by atoms with E-state index >= 15 is 0 Å². The van der Waals surface area contributed by atoms with Gasteiger partial charge >= 0.3 is 0 Å². The van der Waals surface area contributed by atoms with Gasteiger partial charge in [0.2, 0.25) is 4.80 Å². The topological polar surface area (TPSA) is 57.3 Å². The second kappa shape index (κ2) is 10.1. The minimum atomic E-state index is 0.511. The molecule has 7 heteroatoms. The van der Waals surface area contributed by atoms with Gasteiger partial charge in [-0.15, -0.1) is 17.9 Å². The van der Waals surface area contributed by atoms with Crippen molar-refractivity contribution in [3.05, 3.63) is 69.9 Å². The minimum Gasteiger partial charge on any atom is -0.496 e. The van der Waals surface area contributed by atoms with E-state index in [1.807, 2.05) is 4.68 Å². The molecule has 1 heterocycles.